The topological polar surface area (TPSA) is 24.1 Å². The molecule has 2 unspecified atom stereocenters. The Kier molecular flexibility index (Phi) is 7.02. The quantitative estimate of drug-likeness (QED) is 0.506. The Morgan fingerprint density at radius 2 is 1.04 bits per heavy atom. The molecule has 0 aliphatic carbocycles. The van der Waals surface area contributed by atoms with E-state index in [4.69, 9.17) is 0 Å². The van der Waals surface area contributed by atoms with Crippen LogP contribution >= 0.6 is 0 Å². The van der Waals surface area contributed by atoms with Crippen LogP contribution in [0, 0.1) is 13.8 Å². The molecule has 0 amide bonds. The molecule has 0 heterocycles. The first-order valence-electron chi connectivity index (χ1n) is 10.2. The summed E-state index contributed by atoms with van der Waals surface area (Å²) in [7, 11) is 0. The van der Waals surface area contributed by atoms with E-state index in [1.165, 1.54) is 33.4 Å². The van der Waals surface area contributed by atoms with Gasteiger partial charge in [-0.2, -0.15) is 0 Å². The molecule has 146 valence electrons. The number of rotatable bonds is 8. The van der Waals surface area contributed by atoms with E-state index >= 15 is 0 Å². The van der Waals surface area contributed by atoms with Gasteiger partial charge in [-0.15, -0.1) is 0 Å². The van der Waals surface area contributed by atoms with Gasteiger partial charge in [0, 0.05) is 25.2 Å². The molecule has 0 aliphatic rings. The van der Waals surface area contributed by atoms with Crippen molar-refractivity contribution in [3.8, 4) is 0 Å². The van der Waals surface area contributed by atoms with Gasteiger partial charge in [0.25, 0.3) is 0 Å². The number of hydrogen-bond donors (Lipinski definition) is 2. The highest BCUT2D eigenvalue weighted by Crippen LogP contribution is 2.20. The number of hydrogen-bond acceptors (Lipinski definition) is 2. The van der Waals surface area contributed by atoms with Gasteiger partial charge in [0.1, 0.15) is 0 Å². The SMILES string of the molecule is Cc1cccc(CNC(C)c2cccc(C(C)NCc3cccc(C)c3)c2)c1. The second kappa shape index (κ2) is 9.68. The molecule has 3 aromatic rings. The van der Waals surface area contributed by atoms with Gasteiger partial charge in [-0.1, -0.05) is 83.9 Å². The molecule has 0 bridgehead atoms. The van der Waals surface area contributed by atoms with Crippen molar-refractivity contribution < 1.29 is 0 Å². The Balaban J connectivity index is 1.59. The maximum absolute atomic E-state index is 3.65. The van der Waals surface area contributed by atoms with E-state index in [1.807, 2.05) is 0 Å². The summed E-state index contributed by atoms with van der Waals surface area (Å²) in [5, 5.41) is 7.30. The van der Waals surface area contributed by atoms with E-state index in [9.17, 15) is 0 Å². The molecule has 2 nitrogen and oxygen atoms in total. The third-order valence-electron chi connectivity index (χ3n) is 5.30. The smallest absolute Gasteiger partial charge is 0.0295 e. The van der Waals surface area contributed by atoms with E-state index in [0.717, 1.165) is 13.1 Å². The third kappa shape index (κ3) is 5.79. The van der Waals surface area contributed by atoms with Crippen molar-refractivity contribution >= 4 is 0 Å². The lowest BCUT2D eigenvalue weighted by molar-refractivity contribution is 0.561. The number of nitrogens with one attached hydrogen (secondary N) is 2. The maximum atomic E-state index is 3.65. The molecule has 2 N–H and O–H groups in total. The molecule has 0 saturated carbocycles. The lowest BCUT2D eigenvalue weighted by Gasteiger charge is -2.19. The summed E-state index contributed by atoms with van der Waals surface area (Å²) < 4.78 is 0. The van der Waals surface area contributed by atoms with Crippen molar-refractivity contribution in [3.63, 3.8) is 0 Å². The van der Waals surface area contributed by atoms with Gasteiger partial charge >= 0.3 is 0 Å². The fourth-order valence-corrected chi connectivity index (χ4v) is 3.52. The van der Waals surface area contributed by atoms with Crippen LogP contribution in [-0.2, 0) is 13.1 Å². The Labute approximate surface area is 170 Å². The summed E-state index contributed by atoms with van der Waals surface area (Å²) in [6, 6.07) is 26.9. The highest BCUT2D eigenvalue weighted by molar-refractivity contribution is 5.29. The summed E-state index contributed by atoms with van der Waals surface area (Å²) in [6.45, 7) is 10.5. The fourth-order valence-electron chi connectivity index (χ4n) is 3.52. The molecule has 2 atom stereocenters. The maximum Gasteiger partial charge on any atom is 0.0295 e. The van der Waals surface area contributed by atoms with Crippen LogP contribution in [0.15, 0.2) is 72.8 Å². The van der Waals surface area contributed by atoms with Gasteiger partial charge in [0.15, 0.2) is 0 Å². The van der Waals surface area contributed by atoms with Crippen LogP contribution in [0.1, 0.15) is 59.3 Å². The number of benzene rings is 3. The summed E-state index contributed by atoms with van der Waals surface area (Å²) >= 11 is 0. The average molecular weight is 373 g/mol. The van der Waals surface area contributed by atoms with Gasteiger partial charge in [-0.05, 0) is 49.9 Å². The average Bonchev–Trinajstić information content (AvgIpc) is 2.70. The van der Waals surface area contributed by atoms with Crippen LogP contribution in [0.4, 0.5) is 0 Å². The molecule has 2 heteroatoms. The fraction of sp³-hybridized carbons (Fsp3) is 0.308. The Bertz CT molecular complexity index is 829. The van der Waals surface area contributed by atoms with Crippen LogP contribution in [0.3, 0.4) is 0 Å². The first-order chi connectivity index (χ1) is 13.5. The Hall–Kier alpha value is -2.42. The van der Waals surface area contributed by atoms with Gasteiger partial charge in [0.05, 0.1) is 0 Å². The first-order valence-corrected chi connectivity index (χ1v) is 10.2. The number of aryl methyl sites for hydroxylation is 2. The Morgan fingerprint density at radius 3 is 1.46 bits per heavy atom. The van der Waals surface area contributed by atoms with E-state index < -0.39 is 0 Å². The predicted molar refractivity (Wildman–Crippen MR) is 119 cm³/mol. The summed E-state index contributed by atoms with van der Waals surface area (Å²) in [6.07, 6.45) is 0. The normalized spacial score (nSPS) is 13.3. The monoisotopic (exact) mass is 372 g/mol. The molecule has 0 aliphatic heterocycles. The minimum atomic E-state index is 0.310. The Morgan fingerprint density at radius 1 is 0.607 bits per heavy atom. The van der Waals surface area contributed by atoms with E-state index in [-0.39, 0.29) is 0 Å². The minimum absolute atomic E-state index is 0.310. The molecule has 0 spiro atoms. The lowest BCUT2D eigenvalue weighted by atomic mass is 10.0. The molecule has 0 saturated heterocycles. The molecule has 3 rings (SSSR count). The van der Waals surface area contributed by atoms with Crippen LogP contribution in [0.5, 0.6) is 0 Å². The third-order valence-corrected chi connectivity index (χ3v) is 5.30. The van der Waals surface area contributed by atoms with Crippen molar-refractivity contribution in [3.05, 3.63) is 106 Å². The van der Waals surface area contributed by atoms with E-state index in [2.05, 4.69) is 111 Å². The van der Waals surface area contributed by atoms with Crippen molar-refractivity contribution in [1.29, 1.82) is 0 Å². The molecule has 0 radical (unpaired) electrons. The van der Waals surface area contributed by atoms with E-state index in [0.29, 0.717) is 12.1 Å². The summed E-state index contributed by atoms with van der Waals surface area (Å²) in [5.74, 6) is 0. The standard InChI is InChI=1S/C26H32N2/c1-19-8-5-10-23(14-19)17-27-21(3)25-12-7-13-26(16-25)22(4)28-18-24-11-6-9-20(2)15-24/h5-16,21-22,27-28H,17-18H2,1-4H3. The second-order valence-corrected chi connectivity index (χ2v) is 7.85. The van der Waals surface area contributed by atoms with Gasteiger partial charge < -0.3 is 10.6 Å². The zero-order valence-corrected chi connectivity index (χ0v) is 17.5. The summed E-state index contributed by atoms with van der Waals surface area (Å²) in [4.78, 5) is 0. The molecule has 0 aromatic heterocycles. The lowest BCUT2D eigenvalue weighted by Crippen LogP contribution is -2.20. The zero-order valence-electron chi connectivity index (χ0n) is 17.5. The predicted octanol–water partition coefficient (Wildman–Crippen LogP) is 6.01. The first kappa shape index (κ1) is 20.3. The largest absolute Gasteiger partial charge is 0.306 e. The molecule has 28 heavy (non-hydrogen) atoms. The minimum Gasteiger partial charge on any atom is -0.306 e. The highest BCUT2D eigenvalue weighted by Gasteiger charge is 2.10. The van der Waals surface area contributed by atoms with E-state index in [1.54, 1.807) is 0 Å². The van der Waals surface area contributed by atoms with Crippen molar-refractivity contribution in [2.75, 3.05) is 0 Å². The van der Waals surface area contributed by atoms with Crippen LogP contribution in [0.2, 0.25) is 0 Å². The van der Waals surface area contributed by atoms with Crippen LogP contribution in [0.25, 0.3) is 0 Å². The van der Waals surface area contributed by atoms with Crippen molar-refractivity contribution in [1.82, 2.24) is 10.6 Å². The molecule has 0 fully saturated rings. The highest BCUT2D eigenvalue weighted by atomic mass is 14.9. The second-order valence-electron chi connectivity index (χ2n) is 7.85. The van der Waals surface area contributed by atoms with Crippen molar-refractivity contribution in [2.24, 2.45) is 0 Å². The zero-order chi connectivity index (χ0) is 19.9. The van der Waals surface area contributed by atoms with Gasteiger partial charge in [-0.3, -0.25) is 0 Å². The molecular formula is C26H32N2. The van der Waals surface area contributed by atoms with Gasteiger partial charge in [-0.25, -0.2) is 0 Å². The molecule has 3 aromatic carbocycles. The van der Waals surface area contributed by atoms with Crippen LogP contribution in [-0.4, -0.2) is 0 Å². The van der Waals surface area contributed by atoms with Crippen LogP contribution < -0.4 is 10.6 Å². The van der Waals surface area contributed by atoms with Crippen molar-refractivity contribution in [2.45, 2.75) is 52.9 Å². The molecular weight excluding hydrogens is 340 g/mol. The summed E-state index contributed by atoms with van der Waals surface area (Å²) in [5.41, 5.74) is 7.93. The van der Waals surface area contributed by atoms with Gasteiger partial charge in [0.2, 0.25) is 0 Å².